The Balaban J connectivity index is 1.17. The third kappa shape index (κ3) is 4.37. The molecule has 0 bridgehead atoms. The molecule has 0 unspecified atom stereocenters. The highest BCUT2D eigenvalue weighted by atomic mass is 32.1. The Bertz CT molecular complexity index is 3140. The van der Waals surface area contributed by atoms with E-state index in [2.05, 4.69) is 120 Å². The first-order chi connectivity index (χ1) is 25.3. The fourth-order valence-electron chi connectivity index (χ4n) is 7.54. The van der Waals surface area contributed by atoms with Crippen molar-refractivity contribution in [3.8, 4) is 39.9 Å². The number of rotatable bonds is 4. The fraction of sp³-hybridized carbons (Fsp3) is 0. The second-order valence-electron chi connectivity index (χ2n) is 12.8. The molecule has 0 aliphatic carbocycles. The Labute approximate surface area is 295 Å². The largest absolute Gasteiger partial charge is 0.456 e. The van der Waals surface area contributed by atoms with Crippen molar-refractivity contribution < 1.29 is 4.42 Å². The maximum absolute atomic E-state index is 6.61. The van der Waals surface area contributed by atoms with Gasteiger partial charge in [0, 0.05) is 64.1 Å². The van der Waals surface area contributed by atoms with Gasteiger partial charge in [0.15, 0.2) is 17.5 Å². The van der Waals surface area contributed by atoms with Crippen LogP contribution in [0.3, 0.4) is 0 Å². The molecule has 0 N–H and O–H groups in total. The van der Waals surface area contributed by atoms with Gasteiger partial charge in [0.25, 0.3) is 0 Å². The van der Waals surface area contributed by atoms with Crippen molar-refractivity contribution in [3.63, 3.8) is 0 Å². The van der Waals surface area contributed by atoms with Crippen LogP contribution in [-0.2, 0) is 0 Å². The summed E-state index contributed by atoms with van der Waals surface area (Å²) in [5, 5.41) is 6.84. The minimum Gasteiger partial charge on any atom is -0.456 e. The van der Waals surface area contributed by atoms with Gasteiger partial charge in [-0.15, -0.1) is 11.3 Å². The molecular formula is C45H26N4OS. The molecule has 51 heavy (non-hydrogen) atoms. The molecule has 4 aromatic heterocycles. The summed E-state index contributed by atoms with van der Waals surface area (Å²) in [6.07, 6.45) is 0. The average molecular weight is 671 g/mol. The predicted molar refractivity (Wildman–Crippen MR) is 211 cm³/mol. The Morgan fingerprint density at radius 2 is 1.14 bits per heavy atom. The fourth-order valence-corrected chi connectivity index (χ4v) is 8.68. The molecule has 0 radical (unpaired) electrons. The molecule has 7 aromatic carbocycles. The van der Waals surface area contributed by atoms with E-state index in [1.54, 1.807) is 11.3 Å². The first-order valence-corrected chi connectivity index (χ1v) is 17.8. The molecule has 0 spiro atoms. The zero-order valence-electron chi connectivity index (χ0n) is 27.1. The zero-order chi connectivity index (χ0) is 33.5. The van der Waals surface area contributed by atoms with Crippen molar-refractivity contribution in [1.82, 2.24) is 19.5 Å². The van der Waals surface area contributed by atoms with Crippen LogP contribution in [0.4, 0.5) is 0 Å². The van der Waals surface area contributed by atoms with Gasteiger partial charge in [0.1, 0.15) is 11.2 Å². The molecule has 0 saturated carbocycles. The molecule has 5 nitrogen and oxygen atoms in total. The zero-order valence-corrected chi connectivity index (χ0v) is 27.9. The van der Waals surface area contributed by atoms with Crippen LogP contribution in [0.25, 0.3) is 104 Å². The van der Waals surface area contributed by atoms with Gasteiger partial charge in [-0.2, -0.15) is 0 Å². The number of hydrogen-bond donors (Lipinski definition) is 0. The molecular weight excluding hydrogens is 645 g/mol. The molecule has 4 heterocycles. The highest BCUT2D eigenvalue weighted by molar-refractivity contribution is 7.25. The Kier molecular flexibility index (Phi) is 6.05. The van der Waals surface area contributed by atoms with Crippen molar-refractivity contribution in [1.29, 1.82) is 0 Å². The van der Waals surface area contributed by atoms with Crippen LogP contribution >= 0.6 is 11.3 Å². The summed E-state index contributed by atoms with van der Waals surface area (Å²) in [6, 6.07) is 54.9. The van der Waals surface area contributed by atoms with E-state index in [4.69, 9.17) is 19.4 Å². The summed E-state index contributed by atoms with van der Waals surface area (Å²) in [7, 11) is 0. The highest BCUT2D eigenvalue weighted by Crippen LogP contribution is 2.42. The summed E-state index contributed by atoms with van der Waals surface area (Å²) in [6.45, 7) is 0. The maximum atomic E-state index is 6.61. The first kappa shape index (κ1) is 28.2. The van der Waals surface area contributed by atoms with Crippen molar-refractivity contribution in [3.05, 3.63) is 158 Å². The van der Waals surface area contributed by atoms with Crippen molar-refractivity contribution in [2.24, 2.45) is 0 Å². The van der Waals surface area contributed by atoms with Crippen molar-refractivity contribution in [2.75, 3.05) is 0 Å². The van der Waals surface area contributed by atoms with Gasteiger partial charge >= 0.3 is 0 Å². The summed E-state index contributed by atoms with van der Waals surface area (Å²) in [5.74, 6) is 1.87. The van der Waals surface area contributed by atoms with E-state index in [0.717, 1.165) is 60.7 Å². The Morgan fingerprint density at radius 1 is 0.431 bits per heavy atom. The predicted octanol–water partition coefficient (Wildman–Crippen LogP) is 12.2. The van der Waals surface area contributed by atoms with Gasteiger partial charge in [0.2, 0.25) is 0 Å². The quantitative estimate of drug-likeness (QED) is 0.187. The van der Waals surface area contributed by atoms with Crippen LogP contribution in [-0.4, -0.2) is 19.5 Å². The normalized spacial score (nSPS) is 11.9. The maximum Gasteiger partial charge on any atom is 0.164 e. The van der Waals surface area contributed by atoms with E-state index in [1.807, 2.05) is 42.5 Å². The summed E-state index contributed by atoms with van der Waals surface area (Å²) in [4.78, 5) is 15.4. The number of aromatic nitrogens is 4. The number of fused-ring (bicyclic) bond motifs is 9. The third-order valence-corrected chi connectivity index (χ3v) is 11.0. The second kappa shape index (κ2) is 10.9. The van der Waals surface area contributed by atoms with Crippen LogP contribution < -0.4 is 0 Å². The number of para-hydroxylation sites is 2. The van der Waals surface area contributed by atoms with Gasteiger partial charge in [-0.25, -0.2) is 15.0 Å². The molecule has 0 amide bonds. The third-order valence-electron chi connectivity index (χ3n) is 9.85. The van der Waals surface area contributed by atoms with Gasteiger partial charge in [-0.3, -0.25) is 0 Å². The van der Waals surface area contributed by atoms with Crippen LogP contribution in [0, 0.1) is 0 Å². The lowest BCUT2D eigenvalue weighted by Crippen LogP contribution is -2.00. The van der Waals surface area contributed by atoms with Crippen LogP contribution in [0.5, 0.6) is 0 Å². The number of benzene rings is 7. The monoisotopic (exact) mass is 670 g/mol. The number of furan rings is 1. The molecule has 0 atom stereocenters. The van der Waals surface area contributed by atoms with Gasteiger partial charge in [-0.1, -0.05) is 109 Å². The van der Waals surface area contributed by atoms with E-state index in [1.165, 1.54) is 25.6 Å². The molecule has 11 rings (SSSR count). The molecule has 6 heteroatoms. The number of thiophene rings is 1. The second-order valence-corrected chi connectivity index (χ2v) is 13.9. The summed E-state index contributed by atoms with van der Waals surface area (Å²) < 4.78 is 11.4. The van der Waals surface area contributed by atoms with E-state index < -0.39 is 0 Å². The minimum absolute atomic E-state index is 0.604. The number of hydrogen-bond acceptors (Lipinski definition) is 5. The Hall–Kier alpha value is -6.63. The van der Waals surface area contributed by atoms with Crippen molar-refractivity contribution in [2.45, 2.75) is 0 Å². The van der Waals surface area contributed by atoms with Crippen LogP contribution in [0.1, 0.15) is 0 Å². The smallest absolute Gasteiger partial charge is 0.164 e. The van der Waals surface area contributed by atoms with E-state index >= 15 is 0 Å². The van der Waals surface area contributed by atoms with E-state index in [-0.39, 0.29) is 0 Å². The highest BCUT2D eigenvalue weighted by Gasteiger charge is 2.21. The molecule has 11 aromatic rings. The molecule has 238 valence electrons. The van der Waals surface area contributed by atoms with Gasteiger partial charge in [-0.05, 0) is 48.5 Å². The topological polar surface area (TPSA) is 56.7 Å². The lowest BCUT2D eigenvalue weighted by atomic mass is 10.0. The Morgan fingerprint density at radius 3 is 2.00 bits per heavy atom. The summed E-state index contributed by atoms with van der Waals surface area (Å²) >= 11 is 1.79. The lowest BCUT2D eigenvalue weighted by Gasteiger charge is -2.10. The molecule has 0 saturated heterocycles. The standard InChI is InChI=1S/C45H26N4OS/c1-3-12-27(13-4-1)43-46-44(28-22-23-32-31-17-8-10-21-40(31)51-41(32)24-28)48-45(47-43)33-18-11-20-38-42(33)35-25-37-34(26-39(35)50-38)30-16-7-9-19-36(30)49(37)29-14-5-2-6-15-29/h1-26H. The van der Waals surface area contributed by atoms with E-state index in [0.29, 0.717) is 17.5 Å². The van der Waals surface area contributed by atoms with Gasteiger partial charge < -0.3 is 8.98 Å². The lowest BCUT2D eigenvalue weighted by molar-refractivity contribution is 0.669. The van der Waals surface area contributed by atoms with Gasteiger partial charge in [0.05, 0.1) is 11.0 Å². The molecule has 0 aliphatic rings. The minimum atomic E-state index is 0.604. The first-order valence-electron chi connectivity index (χ1n) is 16.9. The van der Waals surface area contributed by atoms with Crippen molar-refractivity contribution >= 4 is 75.3 Å². The molecule has 0 fully saturated rings. The molecule has 0 aliphatic heterocycles. The SMILES string of the molecule is c1ccc(-c2nc(-c3ccc4c(c3)sc3ccccc34)nc(-c3cccc4oc5cc6c7ccccc7n(-c7ccccc7)c6cc5c34)n2)cc1. The van der Waals surface area contributed by atoms with Crippen LogP contribution in [0.2, 0.25) is 0 Å². The van der Waals surface area contributed by atoms with Crippen LogP contribution in [0.15, 0.2) is 162 Å². The van der Waals surface area contributed by atoms with E-state index in [9.17, 15) is 0 Å². The summed E-state index contributed by atoms with van der Waals surface area (Å²) in [5.41, 5.74) is 7.79. The number of nitrogens with zero attached hydrogens (tertiary/aromatic N) is 4. The average Bonchev–Trinajstić information content (AvgIpc) is 3.86.